The van der Waals surface area contributed by atoms with E-state index in [1.54, 1.807) is 24.3 Å². The van der Waals surface area contributed by atoms with Crippen molar-refractivity contribution in [2.75, 3.05) is 5.32 Å². The number of nitrogens with two attached hydrogens (primary N) is 1. The van der Waals surface area contributed by atoms with Crippen molar-refractivity contribution in [3.8, 4) is 5.75 Å². The minimum absolute atomic E-state index is 0.0240. The number of phenolic OH excluding ortho intramolecular Hbond substituents is 1. The fourth-order valence-corrected chi connectivity index (χ4v) is 2.64. The van der Waals surface area contributed by atoms with Crippen LogP contribution in [0, 0.1) is 0 Å². The summed E-state index contributed by atoms with van der Waals surface area (Å²) in [5, 5.41) is 24.7. The molecule has 0 atom stereocenters. The van der Waals surface area contributed by atoms with E-state index in [1.165, 1.54) is 0 Å². The van der Waals surface area contributed by atoms with E-state index >= 15 is 0 Å². The summed E-state index contributed by atoms with van der Waals surface area (Å²) in [6.07, 6.45) is 0. The Kier molecular flexibility index (Phi) is 4.32. The third-order valence-corrected chi connectivity index (χ3v) is 3.93. The van der Waals surface area contributed by atoms with Crippen LogP contribution in [0.3, 0.4) is 0 Å². The molecule has 0 aliphatic rings. The Morgan fingerprint density at radius 1 is 1.00 bits per heavy atom. The minimum Gasteiger partial charge on any atom is -0.507 e. The first-order chi connectivity index (χ1) is 13.3. The summed E-state index contributed by atoms with van der Waals surface area (Å²) >= 11 is 0. The predicted octanol–water partition coefficient (Wildman–Crippen LogP) is 2.04. The second-order valence-electron chi connectivity index (χ2n) is 5.67. The molecule has 2 heterocycles. The number of hydrazone groups is 1. The van der Waals surface area contributed by atoms with Gasteiger partial charge in [-0.1, -0.05) is 42.5 Å². The first-order valence-corrected chi connectivity index (χ1v) is 8.11. The number of benzene rings is 2. The maximum absolute atomic E-state index is 10.2. The molecule has 9 heteroatoms. The summed E-state index contributed by atoms with van der Waals surface area (Å²) in [5.41, 5.74) is 2.54. The van der Waals surface area contributed by atoms with Crippen LogP contribution in [0.15, 0.2) is 64.3 Å². The van der Waals surface area contributed by atoms with Gasteiger partial charge >= 0.3 is 0 Å². The van der Waals surface area contributed by atoms with Crippen LogP contribution in [0.5, 0.6) is 5.75 Å². The third kappa shape index (κ3) is 3.25. The van der Waals surface area contributed by atoms with Crippen LogP contribution in [0.1, 0.15) is 16.8 Å². The fourth-order valence-electron chi connectivity index (χ4n) is 2.64. The molecule has 0 amide bonds. The van der Waals surface area contributed by atoms with E-state index in [1.807, 2.05) is 30.3 Å². The van der Waals surface area contributed by atoms with E-state index in [0.717, 1.165) is 5.56 Å². The van der Waals surface area contributed by atoms with Gasteiger partial charge in [0.1, 0.15) is 17.2 Å². The Balaban J connectivity index is 1.79. The molecule has 134 valence electrons. The highest BCUT2D eigenvalue weighted by atomic mass is 16.6. The van der Waals surface area contributed by atoms with Crippen molar-refractivity contribution >= 4 is 22.8 Å². The number of hydrogen-bond acceptors (Lipinski definition) is 9. The maximum atomic E-state index is 10.2. The van der Waals surface area contributed by atoms with E-state index in [9.17, 15) is 5.11 Å². The Morgan fingerprint density at radius 2 is 1.70 bits per heavy atom. The summed E-state index contributed by atoms with van der Waals surface area (Å²) < 4.78 is 4.71. The topological polar surface area (TPSA) is 135 Å². The predicted molar refractivity (Wildman–Crippen MR) is 99.1 cm³/mol. The quantitative estimate of drug-likeness (QED) is 0.279. The molecule has 4 aromatic rings. The summed E-state index contributed by atoms with van der Waals surface area (Å²) in [6.45, 7) is 0.498. The van der Waals surface area contributed by atoms with E-state index in [2.05, 4.69) is 30.7 Å². The SMILES string of the molecule is NN=C(c1ccccc1O)c1nc2nonc2nc1NCc1ccccc1. The van der Waals surface area contributed by atoms with Crippen LogP contribution in [0.25, 0.3) is 11.3 Å². The lowest BCUT2D eigenvalue weighted by Gasteiger charge is -2.12. The monoisotopic (exact) mass is 361 g/mol. The van der Waals surface area contributed by atoms with Gasteiger partial charge in [-0.2, -0.15) is 5.10 Å². The van der Waals surface area contributed by atoms with Gasteiger partial charge < -0.3 is 16.3 Å². The van der Waals surface area contributed by atoms with Crippen molar-refractivity contribution in [2.24, 2.45) is 10.9 Å². The van der Waals surface area contributed by atoms with Gasteiger partial charge in [0.05, 0.1) is 0 Å². The van der Waals surface area contributed by atoms with Crippen LogP contribution >= 0.6 is 0 Å². The summed E-state index contributed by atoms with van der Waals surface area (Å²) in [4.78, 5) is 8.84. The highest BCUT2D eigenvalue weighted by molar-refractivity contribution is 6.16. The number of nitrogens with zero attached hydrogens (tertiary/aromatic N) is 5. The Bertz CT molecular complexity index is 1110. The normalized spacial score (nSPS) is 11.6. The van der Waals surface area contributed by atoms with Gasteiger partial charge in [-0.3, -0.25) is 0 Å². The van der Waals surface area contributed by atoms with Gasteiger partial charge in [-0.05, 0) is 28.0 Å². The number of nitrogens with one attached hydrogen (secondary N) is 1. The molecule has 0 fully saturated rings. The zero-order valence-electron chi connectivity index (χ0n) is 14.1. The van der Waals surface area contributed by atoms with Gasteiger partial charge in [-0.25, -0.2) is 14.6 Å². The molecule has 2 aromatic carbocycles. The second kappa shape index (κ2) is 7.08. The highest BCUT2D eigenvalue weighted by Gasteiger charge is 2.20. The van der Waals surface area contributed by atoms with Crippen molar-refractivity contribution < 1.29 is 9.74 Å². The molecule has 0 aliphatic carbocycles. The van der Waals surface area contributed by atoms with E-state index in [4.69, 9.17) is 10.5 Å². The molecule has 0 spiro atoms. The average molecular weight is 361 g/mol. The Morgan fingerprint density at radius 3 is 2.44 bits per heavy atom. The number of anilines is 1. The molecular formula is C18H15N7O2. The van der Waals surface area contributed by atoms with Crippen LogP contribution in [-0.2, 0) is 6.54 Å². The maximum Gasteiger partial charge on any atom is 0.245 e. The number of hydrogen-bond donors (Lipinski definition) is 3. The highest BCUT2D eigenvalue weighted by Crippen LogP contribution is 2.24. The van der Waals surface area contributed by atoms with Crippen molar-refractivity contribution in [3.63, 3.8) is 0 Å². The molecule has 0 aliphatic heterocycles. The molecule has 0 radical (unpaired) electrons. The molecule has 4 rings (SSSR count). The first-order valence-electron chi connectivity index (χ1n) is 8.11. The van der Waals surface area contributed by atoms with Gasteiger partial charge in [0.15, 0.2) is 5.82 Å². The van der Waals surface area contributed by atoms with Crippen molar-refractivity contribution in [1.29, 1.82) is 0 Å². The van der Waals surface area contributed by atoms with Crippen LogP contribution in [0.2, 0.25) is 0 Å². The van der Waals surface area contributed by atoms with Gasteiger partial charge in [-0.15, -0.1) is 0 Å². The number of phenols is 1. The van der Waals surface area contributed by atoms with Crippen LogP contribution < -0.4 is 11.2 Å². The fraction of sp³-hybridized carbons (Fsp3) is 0.0556. The number of para-hydroxylation sites is 1. The zero-order valence-corrected chi connectivity index (χ0v) is 14.1. The smallest absolute Gasteiger partial charge is 0.245 e. The molecule has 27 heavy (non-hydrogen) atoms. The molecule has 4 N–H and O–H groups in total. The molecule has 0 unspecified atom stereocenters. The van der Waals surface area contributed by atoms with E-state index in [-0.39, 0.29) is 22.8 Å². The summed E-state index contributed by atoms with van der Waals surface area (Å²) in [6, 6.07) is 16.5. The van der Waals surface area contributed by atoms with Gasteiger partial charge in [0, 0.05) is 12.1 Å². The third-order valence-electron chi connectivity index (χ3n) is 3.93. The second-order valence-corrected chi connectivity index (χ2v) is 5.67. The van der Waals surface area contributed by atoms with E-state index in [0.29, 0.717) is 23.6 Å². The molecule has 9 nitrogen and oxygen atoms in total. The lowest BCUT2D eigenvalue weighted by molar-refractivity contribution is 0.314. The lowest BCUT2D eigenvalue weighted by Crippen LogP contribution is -2.15. The lowest BCUT2D eigenvalue weighted by atomic mass is 10.1. The molecular weight excluding hydrogens is 346 g/mol. The number of aromatic hydroxyl groups is 1. The Hall–Kier alpha value is -4.01. The standard InChI is InChI=1S/C18H15N7O2/c19-23-14(12-8-4-5-9-13(12)26)15-16(20-10-11-6-2-1-3-7-11)22-18-17(21-15)24-27-25-18/h1-9,26H,10,19H2,(H,20,22,25). The number of fused-ring (bicyclic) bond motifs is 1. The van der Waals surface area contributed by atoms with Gasteiger partial charge in [0.25, 0.3) is 0 Å². The molecule has 2 aromatic heterocycles. The van der Waals surface area contributed by atoms with Crippen LogP contribution in [-0.4, -0.2) is 31.1 Å². The van der Waals surface area contributed by atoms with E-state index < -0.39 is 0 Å². The first kappa shape index (κ1) is 16.5. The Labute approximate surface area is 153 Å². The molecule has 0 saturated heterocycles. The summed E-state index contributed by atoms with van der Waals surface area (Å²) in [7, 11) is 0. The minimum atomic E-state index is 0.0240. The number of aromatic nitrogens is 4. The average Bonchev–Trinajstić information content (AvgIpc) is 3.16. The van der Waals surface area contributed by atoms with Crippen molar-refractivity contribution in [3.05, 3.63) is 71.4 Å². The largest absolute Gasteiger partial charge is 0.507 e. The van der Waals surface area contributed by atoms with Crippen molar-refractivity contribution in [2.45, 2.75) is 6.54 Å². The summed E-state index contributed by atoms with van der Waals surface area (Å²) in [5.74, 6) is 6.04. The van der Waals surface area contributed by atoms with Gasteiger partial charge in [0.2, 0.25) is 11.3 Å². The van der Waals surface area contributed by atoms with Crippen LogP contribution in [0.4, 0.5) is 5.82 Å². The zero-order chi connectivity index (χ0) is 18.6. The number of rotatable bonds is 5. The molecule has 0 saturated carbocycles. The van der Waals surface area contributed by atoms with Crippen molar-refractivity contribution in [1.82, 2.24) is 20.3 Å². The molecule has 0 bridgehead atoms.